The van der Waals surface area contributed by atoms with Crippen LogP contribution in [-0.2, 0) is 13.2 Å². The minimum atomic E-state index is 0.0687. The second-order valence-corrected chi connectivity index (χ2v) is 6.60. The van der Waals surface area contributed by atoms with E-state index in [0.29, 0.717) is 11.6 Å². The maximum atomic E-state index is 5.84. The molecule has 0 aliphatic carbocycles. The van der Waals surface area contributed by atoms with Gasteiger partial charge in [-0.2, -0.15) is 0 Å². The number of ether oxygens (including phenoxy) is 1. The quantitative estimate of drug-likeness (QED) is 0.868. The average Bonchev–Trinajstić information content (AvgIpc) is 2.76. The van der Waals surface area contributed by atoms with Crippen molar-refractivity contribution in [2.24, 2.45) is 0 Å². The Bertz CT molecular complexity index is 582. The number of aryl methyl sites for hydroxylation is 1. The van der Waals surface area contributed by atoms with Crippen LogP contribution in [0.5, 0.6) is 5.75 Å². The molecule has 2 aromatic rings. The molecule has 0 amide bonds. The van der Waals surface area contributed by atoms with E-state index in [1.807, 2.05) is 30.3 Å². The van der Waals surface area contributed by atoms with Crippen molar-refractivity contribution < 1.29 is 9.15 Å². The first-order valence-electron chi connectivity index (χ1n) is 7.05. The van der Waals surface area contributed by atoms with Crippen molar-refractivity contribution in [3.63, 3.8) is 0 Å². The van der Waals surface area contributed by atoms with Crippen molar-refractivity contribution >= 4 is 11.6 Å². The molecule has 114 valence electrons. The highest BCUT2D eigenvalue weighted by Gasteiger charge is 2.13. The van der Waals surface area contributed by atoms with Gasteiger partial charge in [0.15, 0.2) is 0 Å². The fourth-order valence-corrected chi connectivity index (χ4v) is 1.99. The first kappa shape index (κ1) is 15.9. The van der Waals surface area contributed by atoms with Crippen molar-refractivity contribution in [2.45, 2.75) is 46.4 Å². The SMILES string of the molecule is Cc1cc(COc2ccc(Cl)cc2)oc1CNC(C)(C)C. The Morgan fingerprint density at radius 1 is 1.19 bits per heavy atom. The fourth-order valence-electron chi connectivity index (χ4n) is 1.87. The molecule has 0 aliphatic heterocycles. The molecule has 0 spiro atoms. The van der Waals surface area contributed by atoms with E-state index in [0.717, 1.165) is 29.4 Å². The molecule has 1 heterocycles. The zero-order valence-electron chi connectivity index (χ0n) is 13.0. The zero-order valence-corrected chi connectivity index (χ0v) is 13.8. The Labute approximate surface area is 131 Å². The lowest BCUT2D eigenvalue weighted by Crippen LogP contribution is -2.35. The second-order valence-electron chi connectivity index (χ2n) is 6.17. The molecular formula is C17H22ClNO2. The molecule has 1 aromatic carbocycles. The van der Waals surface area contributed by atoms with E-state index in [-0.39, 0.29) is 5.54 Å². The Morgan fingerprint density at radius 3 is 2.48 bits per heavy atom. The van der Waals surface area contributed by atoms with Crippen molar-refractivity contribution in [1.29, 1.82) is 0 Å². The number of hydrogen-bond acceptors (Lipinski definition) is 3. The molecular weight excluding hydrogens is 286 g/mol. The van der Waals surface area contributed by atoms with Crippen LogP contribution in [0.1, 0.15) is 37.9 Å². The summed E-state index contributed by atoms with van der Waals surface area (Å²) in [7, 11) is 0. The molecule has 0 saturated carbocycles. The number of benzene rings is 1. The van der Waals surface area contributed by atoms with Gasteiger partial charge >= 0.3 is 0 Å². The van der Waals surface area contributed by atoms with Gasteiger partial charge in [0.05, 0.1) is 6.54 Å². The predicted octanol–water partition coefficient (Wildman–Crippen LogP) is 4.71. The van der Waals surface area contributed by atoms with E-state index in [2.05, 4.69) is 33.0 Å². The average molecular weight is 308 g/mol. The summed E-state index contributed by atoms with van der Waals surface area (Å²) in [4.78, 5) is 0. The fraction of sp³-hybridized carbons (Fsp3) is 0.412. The Kier molecular flexibility index (Phi) is 4.96. The highest BCUT2D eigenvalue weighted by atomic mass is 35.5. The minimum Gasteiger partial charge on any atom is -0.486 e. The summed E-state index contributed by atoms with van der Waals surface area (Å²) in [6, 6.07) is 9.34. The molecule has 0 atom stereocenters. The number of rotatable bonds is 5. The van der Waals surface area contributed by atoms with Gasteiger partial charge < -0.3 is 14.5 Å². The summed E-state index contributed by atoms with van der Waals surface area (Å²) < 4.78 is 11.5. The minimum absolute atomic E-state index is 0.0687. The zero-order chi connectivity index (χ0) is 15.5. The maximum Gasteiger partial charge on any atom is 0.146 e. The number of nitrogens with one attached hydrogen (secondary N) is 1. The summed E-state index contributed by atoms with van der Waals surface area (Å²) in [5.41, 5.74) is 1.21. The summed E-state index contributed by atoms with van der Waals surface area (Å²) in [5, 5.41) is 4.12. The van der Waals surface area contributed by atoms with Gasteiger partial charge in [-0.25, -0.2) is 0 Å². The van der Waals surface area contributed by atoms with E-state index in [9.17, 15) is 0 Å². The summed E-state index contributed by atoms with van der Waals surface area (Å²) in [6.07, 6.45) is 0. The van der Waals surface area contributed by atoms with Gasteiger partial charge in [-0.1, -0.05) is 11.6 Å². The molecule has 0 unspecified atom stereocenters. The number of furan rings is 1. The smallest absolute Gasteiger partial charge is 0.146 e. The predicted molar refractivity (Wildman–Crippen MR) is 85.8 cm³/mol. The third kappa shape index (κ3) is 5.10. The standard InChI is InChI=1S/C17H22ClNO2/c1-12-9-15(21-16(12)10-19-17(2,3)4)11-20-14-7-5-13(18)6-8-14/h5-9,19H,10-11H2,1-4H3. The van der Waals surface area contributed by atoms with Crippen LogP contribution in [0.25, 0.3) is 0 Å². The largest absolute Gasteiger partial charge is 0.486 e. The normalized spacial score (nSPS) is 11.7. The molecule has 4 heteroatoms. The van der Waals surface area contributed by atoms with Gasteiger partial charge in [-0.3, -0.25) is 0 Å². The highest BCUT2D eigenvalue weighted by Crippen LogP contribution is 2.20. The number of halogens is 1. The third-order valence-corrected chi connectivity index (χ3v) is 3.30. The topological polar surface area (TPSA) is 34.4 Å². The lowest BCUT2D eigenvalue weighted by atomic mass is 10.1. The van der Waals surface area contributed by atoms with Crippen LogP contribution < -0.4 is 10.1 Å². The molecule has 3 nitrogen and oxygen atoms in total. The summed E-state index contributed by atoms with van der Waals surface area (Å²) in [6.45, 7) is 9.59. The molecule has 1 N–H and O–H groups in total. The molecule has 21 heavy (non-hydrogen) atoms. The van der Waals surface area contributed by atoms with Gasteiger partial charge in [-0.05, 0) is 63.6 Å². The van der Waals surface area contributed by atoms with Gasteiger partial charge in [0, 0.05) is 10.6 Å². The Balaban J connectivity index is 1.94. The van der Waals surface area contributed by atoms with E-state index in [4.69, 9.17) is 20.8 Å². The molecule has 2 rings (SSSR count). The van der Waals surface area contributed by atoms with Crippen LogP contribution in [-0.4, -0.2) is 5.54 Å². The molecule has 0 bridgehead atoms. The molecule has 0 radical (unpaired) electrons. The van der Waals surface area contributed by atoms with Crippen LogP contribution in [0.15, 0.2) is 34.7 Å². The van der Waals surface area contributed by atoms with Gasteiger partial charge in [0.25, 0.3) is 0 Å². The highest BCUT2D eigenvalue weighted by molar-refractivity contribution is 6.30. The molecule has 0 aliphatic rings. The van der Waals surface area contributed by atoms with Gasteiger partial charge in [0.1, 0.15) is 23.9 Å². The molecule has 1 aromatic heterocycles. The maximum absolute atomic E-state index is 5.84. The first-order valence-corrected chi connectivity index (χ1v) is 7.43. The van der Waals surface area contributed by atoms with Crippen LogP contribution in [0, 0.1) is 6.92 Å². The first-order chi connectivity index (χ1) is 9.83. The molecule has 0 fully saturated rings. The molecule has 0 saturated heterocycles. The third-order valence-electron chi connectivity index (χ3n) is 3.05. The lowest BCUT2D eigenvalue weighted by molar-refractivity contribution is 0.263. The van der Waals surface area contributed by atoms with Crippen LogP contribution in [0.3, 0.4) is 0 Å². The Hall–Kier alpha value is -1.45. The summed E-state index contributed by atoms with van der Waals surface area (Å²) in [5.74, 6) is 2.57. The second kappa shape index (κ2) is 6.54. The monoisotopic (exact) mass is 307 g/mol. The van der Waals surface area contributed by atoms with E-state index < -0.39 is 0 Å². The lowest BCUT2D eigenvalue weighted by Gasteiger charge is -2.19. The van der Waals surface area contributed by atoms with Crippen LogP contribution in [0.4, 0.5) is 0 Å². The van der Waals surface area contributed by atoms with E-state index >= 15 is 0 Å². The number of hydrogen-bond donors (Lipinski definition) is 1. The van der Waals surface area contributed by atoms with Crippen LogP contribution in [0.2, 0.25) is 5.02 Å². The van der Waals surface area contributed by atoms with Crippen LogP contribution >= 0.6 is 11.6 Å². The van der Waals surface area contributed by atoms with Crippen molar-refractivity contribution in [2.75, 3.05) is 0 Å². The van der Waals surface area contributed by atoms with Crippen molar-refractivity contribution in [3.8, 4) is 5.75 Å². The van der Waals surface area contributed by atoms with Crippen molar-refractivity contribution in [1.82, 2.24) is 5.32 Å². The van der Waals surface area contributed by atoms with E-state index in [1.54, 1.807) is 0 Å². The van der Waals surface area contributed by atoms with Gasteiger partial charge in [0.2, 0.25) is 0 Å². The van der Waals surface area contributed by atoms with Gasteiger partial charge in [-0.15, -0.1) is 0 Å². The van der Waals surface area contributed by atoms with Crippen molar-refractivity contribution in [3.05, 3.63) is 52.4 Å². The van der Waals surface area contributed by atoms with E-state index in [1.165, 1.54) is 0 Å². The summed E-state index contributed by atoms with van der Waals surface area (Å²) >= 11 is 5.84. The Morgan fingerprint density at radius 2 is 1.86 bits per heavy atom.